The molecule has 1 aliphatic heterocycles. The molecule has 0 atom stereocenters. The summed E-state index contributed by atoms with van der Waals surface area (Å²) in [6.45, 7) is 0. The van der Waals surface area contributed by atoms with Gasteiger partial charge in [-0.05, 0) is 28.1 Å². The van der Waals surface area contributed by atoms with Crippen molar-refractivity contribution < 1.29 is 0 Å². The first kappa shape index (κ1) is 6.96. The van der Waals surface area contributed by atoms with E-state index in [9.17, 15) is 0 Å². The van der Waals surface area contributed by atoms with Gasteiger partial charge >= 0.3 is 0 Å². The molecule has 0 fully saturated rings. The third kappa shape index (κ3) is 1.63. The molecule has 1 N–H and O–H groups in total. The van der Waals surface area contributed by atoms with E-state index in [1.165, 1.54) is 0 Å². The van der Waals surface area contributed by atoms with Gasteiger partial charge in [0.1, 0.15) is 5.16 Å². The number of halogens is 2. The summed E-state index contributed by atoms with van der Waals surface area (Å²) < 4.78 is 0.965. The van der Waals surface area contributed by atoms with Crippen LogP contribution in [0.4, 0.5) is 0 Å². The molecule has 0 bridgehead atoms. The quantitative estimate of drug-likeness (QED) is 0.612. The molecular weight excluding hydrogens is 203 g/mol. The van der Waals surface area contributed by atoms with Crippen LogP contribution >= 0.6 is 27.5 Å². The van der Waals surface area contributed by atoms with Crippen LogP contribution in [-0.4, -0.2) is 12.1 Å². The number of nitrogens with zero attached hydrogens (tertiary/aromatic N) is 1. The minimum Gasteiger partial charge on any atom is -0.287 e. The van der Waals surface area contributed by atoms with Crippen LogP contribution in [0, 0.1) is 0 Å². The standard InChI is InChI=1S/C5H6BrClN2/c1-9-4(6)2-3-5(7)8-9/h2-3,8H,1H3. The van der Waals surface area contributed by atoms with Crippen LogP contribution in [0.3, 0.4) is 0 Å². The van der Waals surface area contributed by atoms with Crippen molar-refractivity contribution >= 4 is 27.5 Å². The Bertz CT molecular complexity index is 176. The summed E-state index contributed by atoms with van der Waals surface area (Å²) in [6.07, 6.45) is 3.66. The highest BCUT2D eigenvalue weighted by Crippen LogP contribution is 2.14. The summed E-state index contributed by atoms with van der Waals surface area (Å²) in [4.78, 5) is 0. The number of allylic oxidation sites excluding steroid dienone is 2. The molecule has 0 aromatic rings. The van der Waals surface area contributed by atoms with Crippen molar-refractivity contribution in [2.75, 3.05) is 7.05 Å². The molecule has 4 heteroatoms. The second-order valence-electron chi connectivity index (χ2n) is 1.67. The molecule has 1 rings (SSSR count). The molecule has 1 aliphatic rings. The van der Waals surface area contributed by atoms with E-state index >= 15 is 0 Å². The summed E-state index contributed by atoms with van der Waals surface area (Å²) in [7, 11) is 1.87. The molecule has 1 heterocycles. The zero-order valence-electron chi connectivity index (χ0n) is 4.86. The summed E-state index contributed by atoms with van der Waals surface area (Å²) in [5.74, 6) is 0. The average molecular weight is 209 g/mol. The minimum absolute atomic E-state index is 0.626. The van der Waals surface area contributed by atoms with Gasteiger partial charge in [0, 0.05) is 7.05 Å². The minimum atomic E-state index is 0.626. The highest BCUT2D eigenvalue weighted by atomic mass is 79.9. The Morgan fingerprint density at radius 1 is 1.67 bits per heavy atom. The van der Waals surface area contributed by atoms with Crippen LogP contribution in [0.1, 0.15) is 0 Å². The van der Waals surface area contributed by atoms with Crippen molar-refractivity contribution in [3.8, 4) is 0 Å². The molecule has 50 valence electrons. The van der Waals surface area contributed by atoms with Crippen molar-refractivity contribution in [3.63, 3.8) is 0 Å². The summed E-state index contributed by atoms with van der Waals surface area (Å²) >= 11 is 8.92. The van der Waals surface area contributed by atoms with E-state index in [0.717, 1.165) is 4.61 Å². The SMILES string of the molecule is CN1NC(Cl)=CC=C1Br. The van der Waals surface area contributed by atoms with Crippen LogP contribution in [0.2, 0.25) is 0 Å². The van der Waals surface area contributed by atoms with Gasteiger partial charge in [0.15, 0.2) is 0 Å². The fraction of sp³-hybridized carbons (Fsp3) is 0.200. The maximum atomic E-state index is 5.62. The largest absolute Gasteiger partial charge is 0.287 e. The van der Waals surface area contributed by atoms with Crippen molar-refractivity contribution in [2.45, 2.75) is 0 Å². The Kier molecular flexibility index (Phi) is 2.03. The van der Waals surface area contributed by atoms with E-state index in [-0.39, 0.29) is 0 Å². The van der Waals surface area contributed by atoms with Gasteiger partial charge in [0.25, 0.3) is 0 Å². The Morgan fingerprint density at radius 3 is 2.78 bits per heavy atom. The molecule has 0 aromatic heterocycles. The smallest absolute Gasteiger partial charge is 0.120 e. The van der Waals surface area contributed by atoms with Crippen LogP contribution in [0.5, 0.6) is 0 Å². The highest BCUT2D eigenvalue weighted by molar-refractivity contribution is 9.11. The van der Waals surface area contributed by atoms with Crippen molar-refractivity contribution in [3.05, 3.63) is 21.9 Å². The van der Waals surface area contributed by atoms with Crippen LogP contribution in [0.15, 0.2) is 21.9 Å². The van der Waals surface area contributed by atoms with Gasteiger partial charge in [-0.1, -0.05) is 11.6 Å². The molecule has 0 saturated carbocycles. The lowest BCUT2D eigenvalue weighted by Gasteiger charge is -2.22. The third-order valence-corrected chi connectivity index (χ3v) is 1.97. The van der Waals surface area contributed by atoms with Crippen molar-refractivity contribution in [2.24, 2.45) is 0 Å². The number of rotatable bonds is 0. The van der Waals surface area contributed by atoms with E-state index in [4.69, 9.17) is 11.6 Å². The van der Waals surface area contributed by atoms with Gasteiger partial charge in [0.2, 0.25) is 0 Å². The van der Waals surface area contributed by atoms with Gasteiger partial charge in [-0.3, -0.25) is 10.4 Å². The van der Waals surface area contributed by atoms with E-state index in [1.54, 1.807) is 11.1 Å². The van der Waals surface area contributed by atoms with Gasteiger partial charge in [0.05, 0.1) is 4.61 Å². The zero-order chi connectivity index (χ0) is 6.85. The summed E-state index contributed by atoms with van der Waals surface area (Å²) in [5, 5.41) is 2.41. The van der Waals surface area contributed by atoms with E-state index in [1.807, 2.05) is 13.1 Å². The zero-order valence-corrected chi connectivity index (χ0v) is 7.20. The van der Waals surface area contributed by atoms with Gasteiger partial charge in [-0.15, -0.1) is 0 Å². The molecule has 0 saturated heterocycles. The van der Waals surface area contributed by atoms with Gasteiger partial charge in [-0.25, -0.2) is 0 Å². The predicted octanol–water partition coefficient (Wildman–Crippen LogP) is 1.75. The first-order valence-electron chi connectivity index (χ1n) is 2.43. The maximum absolute atomic E-state index is 5.62. The van der Waals surface area contributed by atoms with Crippen LogP contribution in [0.25, 0.3) is 0 Å². The van der Waals surface area contributed by atoms with Gasteiger partial charge < -0.3 is 0 Å². The average Bonchev–Trinajstić information content (AvgIpc) is 1.80. The summed E-state index contributed by atoms with van der Waals surface area (Å²) in [5.41, 5.74) is 2.87. The Labute approximate surface area is 67.3 Å². The van der Waals surface area contributed by atoms with E-state index in [2.05, 4.69) is 21.4 Å². The molecule has 9 heavy (non-hydrogen) atoms. The van der Waals surface area contributed by atoms with Gasteiger partial charge in [-0.2, -0.15) is 0 Å². The first-order chi connectivity index (χ1) is 4.20. The lowest BCUT2D eigenvalue weighted by atomic mass is 10.5. The molecule has 0 amide bonds. The molecule has 0 spiro atoms. The predicted molar refractivity (Wildman–Crippen MR) is 41.8 cm³/mol. The van der Waals surface area contributed by atoms with Crippen LogP contribution < -0.4 is 5.43 Å². The number of hydrazine groups is 1. The number of nitrogens with one attached hydrogen (secondary N) is 1. The molecule has 0 aliphatic carbocycles. The summed E-state index contributed by atoms with van der Waals surface area (Å²) in [6, 6.07) is 0. The van der Waals surface area contributed by atoms with Crippen LogP contribution in [-0.2, 0) is 0 Å². The Hall–Kier alpha value is -0.150. The third-order valence-electron chi connectivity index (χ3n) is 0.962. The van der Waals surface area contributed by atoms with Crippen molar-refractivity contribution in [1.82, 2.24) is 10.4 Å². The fourth-order valence-corrected chi connectivity index (χ4v) is 0.915. The van der Waals surface area contributed by atoms with E-state index < -0.39 is 0 Å². The normalized spacial score (nSPS) is 18.3. The fourth-order valence-electron chi connectivity index (χ4n) is 0.505. The number of hydrogen-bond acceptors (Lipinski definition) is 2. The molecule has 0 radical (unpaired) electrons. The Morgan fingerprint density at radius 2 is 2.33 bits per heavy atom. The molecule has 0 aromatic carbocycles. The highest BCUT2D eigenvalue weighted by Gasteiger charge is 2.03. The molecule has 2 nitrogen and oxygen atoms in total. The van der Waals surface area contributed by atoms with Crippen molar-refractivity contribution in [1.29, 1.82) is 0 Å². The lowest BCUT2D eigenvalue weighted by molar-refractivity contribution is 0.369. The molecular formula is C5H6BrClN2. The molecule has 0 unspecified atom stereocenters. The topological polar surface area (TPSA) is 15.3 Å². The second kappa shape index (κ2) is 2.62. The Balaban J connectivity index is 2.74. The lowest BCUT2D eigenvalue weighted by Crippen LogP contribution is -2.31. The first-order valence-corrected chi connectivity index (χ1v) is 3.60. The maximum Gasteiger partial charge on any atom is 0.120 e. The monoisotopic (exact) mass is 208 g/mol. The second-order valence-corrected chi connectivity index (χ2v) is 2.89. The number of hydrogen-bond donors (Lipinski definition) is 1. The van der Waals surface area contributed by atoms with E-state index in [0.29, 0.717) is 5.16 Å².